The first-order chi connectivity index (χ1) is 8.64. The minimum atomic E-state index is -0.998. The van der Waals surface area contributed by atoms with Gasteiger partial charge < -0.3 is 14.9 Å². The van der Waals surface area contributed by atoms with Gasteiger partial charge in [-0.1, -0.05) is 24.3 Å². The second-order valence-corrected chi connectivity index (χ2v) is 5.13. The zero-order chi connectivity index (χ0) is 13.0. The molecule has 1 aromatic rings. The van der Waals surface area contributed by atoms with E-state index in [1.54, 1.807) is 0 Å². The Kier molecular flexibility index (Phi) is 4.38. The lowest BCUT2D eigenvalue weighted by molar-refractivity contribution is -0.229. The summed E-state index contributed by atoms with van der Waals surface area (Å²) in [6.45, 7) is 2.09. The van der Waals surface area contributed by atoms with Gasteiger partial charge in [-0.2, -0.15) is 0 Å². The van der Waals surface area contributed by atoms with Crippen LogP contribution in [0.3, 0.4) is 0 Å². The smallest absolute Gasteiger partial charge is 0.166 e. The first-order valence-corrected chi connectivity index (χ1v) is 6.71. The molecular weight excluding hydrogens is 228 g/mol. The number of aryl methyl sites for hydroxylation is 1. The Morgan fingerprint density at radius 2 is 1.94 bits per heavy atom. The van der Waals surface area contributed by atoms with Gasteiger partial charge in [-0.05, 0) is 30.9 Å². The van der Waals surface area contributed by atoms with Crippen LogP contribution in [0.15, 0.2) is 24.3 Å². The fourth-order valence-corrected chi connectivity index (χ4v) is 2.65. The molecule has 2 rings (SSSR count). The fourth-order valence-electron chi connectivity index (χ4n) is 2.65. The number of hydrogen-bond donors (Lipinski definition) is 2. The van der Waals surface area contributed by atoms with Gasteiger partial charge in [0.2, 0.25) is 0 Å². The van der Waals surface area contributed by atoms with Gasteiger partial charge in [0.05, 0.1) is 6.10 Å². The van der Waals surface area contributed by atoms with E-state index in [1.807, 2.05) is 31.2 Å². The third-order valence-electron chi connectivity index (χ3n) is 3.67. The summed E-state index contributed by atoms with van der Waals surface area (Å²) in [6.07, 6.45) is 3.71. The van der Waals surface area contributed by atoms with Gasteiger partial charge in [-0.25, -0.2) is 0 Å². The summed E-state index contributed by atoms with van der Waals surface area (Å²) in [6, 6.07) is 7.99. The topological polar surface area (TPSA) is 49.7 Å². The Balaban J connectivity index is 2.15. The minimum Gasteiger partial charge on any atom is -0.396 e. The number of benzene rings is 1. The highest BCUT2D eigenvalue weighted by Crippen LogP contribution is 2.37. The van der Waals surface area contributed by atoms with Gasteiger partial charge >= 0.3 is 0 Å². The standard InChI is InChI=1S/C15H22O3/c1-12-6-2-3-7-13(12)14(8-11-16)18-15(17)9-4-5-10-15/h2-3,6-7,14,16-17H,4-5,8-11H2,1H3. The Hall–Kier alpha value is -0.900. The molecule has 18 heavy (non-hydrogen) atoms. The van der Waals surface area contributed by atoms with E-state index in [0.29, 0.717) is 19.3 Å². The van der Waals surface area contributed by atoms with Gasteiger partial charge in [0.1, 0.15) is 0 Å². The Morgan fingerprint density at radius 3 is 2.56 bits per heavy atom. The number of aliphatic hydroxyl groups excluding tert-OH is 1. The van der Waals surface area contributed by atoms with E-state index in [0.717, 1.165) is 24.0 Å². The van der Waals surface area contributed by atoms with Gasteiger partial charge in [0, 0.05) is 25.9 Å². The molecule has 3 nitrogen and oxygen atoms in total. The summed E-state index contributed by atoms with van der Waals surface area (Å²) in [7, 11) is 0. The highest BCUT2D eigenvalue weighted by atomic mass is 16.6. The Morgan fingerprint density at radius 1 is 1.28 bits per heavy atom. The van der Waals surface area contributed by atoms with Crippen molar-refractivity contribution in [1.29, 1.82) is 0 Å². The van der Waals surface area contributed by atoms with Crippen molar-refractivity contribution in [3.05, 3.63) is 35.4 Å². The first kappa shape index (κ1) is 13.5. The largest absolute Gasteiger partial charge is 0.396 e. The monoisotopic (exact) mass is 250 g/mol. The molecule has 1 saturated carbocycles. The van der Waals surface area contributed by atoms with E-state index < -0.39 is 5.79 Å². The van der Waals surface area contributed by atoms with Crippen molar-refractivity contribution >= 4 is 0 Å². The molecule has 1 aromatic carbocycles. The minimum absolute atomic E-state index is 0.0646. The van der Waals surface area contributed by atoms with E-state index in [1.165, 1.54) is 0 Å². The Bertz CT molecular complexity index is 383. The van der Waals surface area contributed by atoms with E-state index in [9.17, 15) is 10.2 Å². The van der Waals surface area contributed by atoms with Crippen molar-refractivity contribution in [2.45, 2.75) is 50.9 Å². The SMILES string of the molecule is Cc1ccccc1C(CCO)OC1(O)CCCC1. The number of ether oxygens (including phenoxy) is 1. The van der Waals surface area contributed by atoms with Crippen LogP contribution in [0.25, 0.3) is 0 Å². The van der Waals surface area contributed by atoms with E-state index in [2.05, 4.69) is 0 Å². The average molecular weight is 250 g/mol. The van der Waals surface area contributed by atoms with Crippen molar-refractivity contribution in [3.63, 3.8) is 0 Å². The Labute approximate surface area is 108 Å². The number of rotatable bonds is 5. The average Bonchev–Trinajstić information content (AvgIpc) is 2.76. The number of hydrogen-bond acceptors (Lipinski definition) is 3. The van der Waals surface area contributed by atoms with Crippen LogP contribution in [0.2, 0.25) is 0 Å². The first-order valence-electron chi connectivity index (χ1n) is 6.71. The summed E-state index contributed by atoms with van der Waals surface area (Å²) in [5.74, 6) is -0.998. The van der Waals surface area contributed by atoms with Crippen LogP contribution in [-0.2, 0) is 4.74 Å². The highest BCUT2D eigenvalue weighted by Gasteiger charge is 2.35. The van der Waals surface area contributed by atoms with Crippen LogP contribution in [0, 0.1) is 6.92 Å². The fraction of sp³-hybridized carbons (Fsp3) is 0.600. The predicted octanol–water partition coefficient (Wildman–Crippen LogP) is 2.70. The van der Waals surface area contributed by atoms with Crippen LogP contribution >= 0.6 is 0 Å². The molecule has 1 aliphatic carbocycles. The molecule has 1 aliphatic rings. The molecule has 0 saturated heterocycles. The molecular formula is C15H22O3. The summed E-state index contributed by atoms with van der Waals surface area (Å²) < 4.78 is 5.90. The van der Waals surface area contributed by atoms with Crippen molar-refractivity contribution < 1.29 is 14.9 Å². The zero-order valence-electron chi connectivity index (χ0n) is 10.9. The number of aliphatic hydroxyl groups is 2. The maximum atomic E-state index is 10.3. The molecule has 0 amide bonds. The maximum absolute atomic E-state index is 10.3. The van der Waals surface area contributed by atoms with Gasteiger partial charge in [-0.15, -0.1) is 0 Å². The molecule has 0 aliphatic heterocycles. The van der Waals surface area contributed by atoms with Crippen molar-refractivity contribution in [3.8, 4) is 0 Å². The van der Waals surface area contributed by atoms with Crippen molar-refractivity contribution in [2.24, 2.45) is 0 Å². The van der Waals surface area contributed by atoms with Gasteiger partial charge in [0.25, 0.3) is 0 Å². The van der Waals surface area contributed by atoms with Gasteiger partial charge in [-0.3, -0.25) is 0 Å². The van der Waals surface area contributed by atoms with Crippen LogP contribution in [0.4, 0.5) is 0 Å². The molecule has 3 heteroatoms. The van der Waals surface area contributed by atoms with Crippen molar-refractivity contribution in [1.82, 2.24) is 0 Å². The zero-order valence-corrected chi connectivity index (χ0v) is 10.9. The van der Waals surface area contributed by atoms with E-state index in [-0.39, 0.29) is 12.7 Å². The van der Waals surface area contributed by atoms with E-state index >= 15 is 0 Å². The lowest BCUT2D eigenvalue weighted by Gasteiger charge is -2.30. The molecule has 2 N–H and O–H groups in total. The van der Waals surface area contributed by atoms with E-state index in [4.69, 9.17) is 4.74 Å². The maximum Gasteiger partial charge on any atom is 0.166 e. The quantitative estimate of drug-likeness (QED) is 0.790. The highest BCUT2D eigenvalue weighted by molar-refractivity contribution is 5.27. The van der Waals surface area contributed by atoms with Gasteiger partial charge in [0.15, 0.2) is 5.79 Å². The summed E-state index contributed by atoms with van der Waals surface area (Å²) in [5.41, 5.74) is 2.20. The molecule has 1 unspecified atom stereocenters. The molecule has 0 radical (unpaired) electrons. The molecule has 100 valence electrons. The lowest BCUT2D eigenvalue weighted by atomic mass is 10.0. The third-order valence-corrected chi connectivity index (χ3v) is 3.67. The molecule has 0 spiro atoms. The van der Waals surface area contributed by atoms with Crippen LogP contribution in [-0.4, -0.2) is 22.6 Å². The molecule has 0 heterocycles. The van der Waals surface area contributed by atoms with Crippen LogP contribution in [0.1, 0.15) is 49.3 Å². The molecule has 1 atom stereocenters. The second kappa shape index (κ2) is 5.83. The van der Waals surface area contributed by atoms with Crippen LogP contribution in [0.5, 0.6) is 0 Å². The molecule has 0 aromatic heterocycles. The molecule has 1 fully saturated rings. The predicted molar refractivity (Wildman–Crippen MR) is 70.1 cm³/mol. The summed E-state index contributed by atoms with van der Waals surface area (Å²) >= 11 is 0. The summed E-state index contributed by atoms with van der Waals surface area (Å²) in [4.78, 5) is 0. The second-order valence-electron chi connectivity index (χ2n) is 5.13. The lowest BCUT2D eigenvalue weighted by Crippen LogP contribution is -2.31. The van der Waals surface area contributed by atoms with Crippen LogP contribution < -0.4 is 0 Å². The third kappa shape index (κ3) is 3.10. The molecule has 0 bridgehead atoms. The summed E-state index contributed by atoms with van der Waals surface area (Å²) in [5, 5.41) is 19.5. The normalized spacial score (nSPS) is 19.9. The van der Waals surface area contributed by atoms with Crippen molar-refractivity contribution in [2.75, 3.05) is 6.61 Å².